The van der Waals surface area contributed by atoms with Crippen LogP contribution in [0.4, 0.5) is 5.69 Å². The zero-order valence-corrected chi connectivity index (χ0v) is 18.5. The van der Waals surface area contributed by atoms with Crippen LogP contribution in [0.2, 0.25) is 0 Å². The van der Waals surface area contributed by atoms with Crippen LogP contribution in [0.15, 0.2) is 65.7 Å². The molecule has 0 spiro atoms. The van der Waals surface area contributed by atoms with Gasteiger partial charge in [0.15, 0.2) is 11.2 Å². The first-order valence-corrected chi connectivity index (χ1v) is 10.7. The third-order valence-corrected chi connectivity index (χ3v) is 5.93. The largest absolute Gasteiger partial charge is 0.497 e. The number of hydrogen-bond acceptors (Lipinski definition) is 6. The highest BCUT2D eigenvalue weighted by Crippen LogP contribution is 2.24. The summed E-state index contributed by atoms with van der Waals surface area (Å²) < 4.78 is 8.24. The number of hydrogen-bond donors (Lipinski definition) is 0. The molecular formula is C24H24N6O3. The van der Waals surface area contributed by atoms with E-state index in [2.05, 4.69) is 15.0 Å². The molecule has 0 aliphatic carbocycles. The van der Waals surface area contributed by atoms with Gasteiger partial charge >= 0.3 is 0 Å². The molecule has 1 aliphatic rings. The number of carbonyl (C=O) groups excluding carboxylic acids is 1. The molecule has 0 N–H and O–H groups in total. The fourth-order valence-corrected chi connectivity index (χ4v) is 4.11. The van der Waals surface area contributed by atoms with E-state index in [0.717, 1.165) is 11.4 Å². The second kappa shape index (κ2) is 8.42. The van der Waals surface area contributed by atoms with Crippen molar-refractivity contribution < 1.29 is 9.53 Å². The van der Waals surface area contributed by atoms with E-state index in [-0.39, 0.29) is 17.2 Å². The molecule has 1 aliphatic heterocycles. The molecule has 1 saturated heterocycles. The van der Waals surface area contributed by atoms with Gasteiger partial charge in [-0.15, -0.1) is 0 Å². The second-order valence-corrected chi connectivity index (χ2v) is 7.93. The Balaban J connectivity index is 1.45. The normalized spacial score (nSPS) is 14.0. The number of benzene rings is 2. The second-order valence-electron chi connectivity index (χ2n) is 7.93. The maximum atomic E-state index is 13.5. The van der Waals surface area contributed by atoms with Gasteiger partial charge in [0.25, 0.3) is 11.5 Å². The summed E-state index contributed by atoms with van der Waals surface area (Å²) in [4.78, 5) is 34.8. The van der Waals surface area contributed by atoms with Crippen LogP contribution < -0.4 is 15.2 Å². The third-order valence-electron chi connectivity index (χ3n) is 5.93. The van der Waals surface area contributed by atoms with Crippen LogP contribution in [-0.2, 0) is 7.05 Å². The number of methoxy groups -OCH3 is 1. The minimum atomic E-state index is -0.252. The summed E-state index contributed by atoms with van der Waals surface area (Å²) in [6.45, 7) is 2.46. The zero-order valence-electron chi connectivity index (χ0n) is 18.5. The topological polar surface area (TPSA) is 85.5 Å². The molecule has 9 nitrogen and oxygen atoms in total. The summed E-state index contributed by atoms with van der Waals surface area (Å²) in [6.07, 6.45) is 1.43. The minimum Gasteiger partial charge on any atom is -0.497 e. The molecule has 168 valence electrons. The van der Waals surface area contributed by atoms with Gasteiger partial charge in [-0.25, -0.2) is 9.67 Å². The highest BCUT2D eigenvalue weighted by molar-refractivity contribution is 6.03. The Labute approximate surface area is 190 Å². The number of aromatic nitrogens is 4. The van der Waals surface area contributed by atoms with Crippen LogP contribution in [0.5, 0.6) is 5.75 Å². The summed E-state index contributed by atoms with van der Waals surface area (Å²) in [5.74, 6) is 0.581. The van der Waals surface area contributed by atoms with Gasteiger partial charge in [0.2, 0.25) is 0 Å². The number of piperazine rings is 1. The summed E-state index contributed by atoms with van der Waals surface area (Å²) in [5, 5.41) is 4.56. The molecule has 1 amide bonds. The molecule has 1 fully saturated rings. The van der Waals surface area contributed by atoms with Gasteiger partial charge in [0.1, 0.15) is 11.3 Å². The Morgan fingerprint density at radius 2 is 1.70 bits per heavy atom. The molecule has 0 atom stereocenters. The van der Waals surface area contributed by atoms with Crippen LogP contribution in [-0.4, -0.2) is 63.4 Å². The van der Waals surface area contributed by atoms with E-state index >= 15 is 0 Å². The standard InChI is InChI=1S/C24H24N6O3/c1-27-16-25-20-21(26-30(22(20)24(27)32)17-7-4-3-5-8-17)23(31)29-13-11-28(12-14-29)18-9-6-10-19(15-18)33-2/h3-10,15-16H,11-14H2,1-2H3. The molecule has 0 radical (unpaired) electrons. The molecule has 5 rings (SSSR count). The first-order valence-electron chi connectivity index (χ1n) is 10.7. The quantitative estimate of drug-likeness (QED) is 0.479. The predicted molar refractivity (Wildman–Crippen MR) is 125 cm³/mol. The molecule has 2 aromatic carbocycles. The Morgan fingerprint density at radius 1 is 0.970 bits per heavy atom. The fourth-order valence-electron chi connectivity index (χ4n) is 4.11. The number of amides is 1. The SMILES string of the molecule is COc1cccc(N2CCN(C(=O)c3nn(-c4ccccc4)c4c(=O)n(C)cnc34)CC2)c1. The number of carbonyl (C=O) groups is 1. The highest BCUT2D eigenvalue weighted by Gasteiger charge is 2.28. The van der Waals surface area contributed by atoms with Gasteiger partial charge in [-0.2, -0.15) is 5.10 Å². The van der Waals surface area contributed by atoms with E-state index < -0.39 is 0 Å². The van der Waals surface area contributed by atoms with Gasteiger partial charge in [-0.05, 0) is 24.3 Å². The van der Waals surface area contributed by atoms with Crippen LogP contribution in [0.25, 0.3) is 16.7 Å². The number of para-hydroxylation sites is 1. The average molecular weight is 444 g/mol. The van der Waals surface area contributed by atoms with Gasteiger partial charge in [0, 0.05) is 45.0 Å². The van der Waals surface area contributed by atoms with Crippen molar-refractivity contribution in [2.24, 2.45) is 7.05 Å². The molecule has 0 saturated carbocycles. The molecule has 33 heavy (non-hydrogen) atoms. The van der Waals surface area contributed by atoms with E-state index in [1.807, 2.05) is 54.6 Å². The predicted octanol–water partition coefficient (Wildman–Crippen LogP) is 2.09. The maximum Gasteiger partial charge on any atom is 0.279 e. The van der Waals surface area contributed by atoms with Crippen LogP contribution >= 0.6 is 0 Å². The Bertz CT molecular complexity index is 1370. The van der Waals surface area contributed by atoms with E-state index in [1.54, 1.807) is 19.1 Å². The fraction of sp³-hybridized carbons (Fsp3) is 0.250. The van der Waals surface area contributed by atoms with Gasteiger partial charge in [-0.3, -0.25) is 9.59 Å². The average Bonchev–Trinajstić information content (AvgIpc) is 3.27. The number of anilines is 1. The smallest absolute Gasteiger partial charge is 0.279 e. The van der Waals surface area contributed by atoms with Crippen LogP contribution in [0, 0.1) is 0 Å². The van der Waals surface area contributed by atoms with E-state index in [0.29, 0.717) is 42.9 Å². The van der Waals surface area contributed by atoms with Crippen molar-refractivity contribution in [3.05, 3.63) is 77.0 Å². The van der Waals surface area contributed by atoms with Crippen molar-refractivity contribution in [3.63, 3.8) is 0 Å². The monoisotopic (exact) mass is 444 g/mol. The summed E-state index contributed by atoms with van der Waals surface area (Å²) in [6, 6.07) is 17.2. The molecule has 9 heteroatoms. The summed E-state index contributed by atoms with van der Waals surface area (Å²) >= 11 is 0. The molecule has 4 aromatic rings. The first kappa shape index (κ1) is 20.7. The maximum absolute atomic E-state index is 13.5. The van der Waals surface area contributed by atoms with Crippen LogP contribution in [0.3, 0.4) is 0 Å². The molecule has 0 bridgehead atoms. The van der Waals surface area contributed by atoms with Gasteiger partial charge in [0.05, 0.1) is 19.1 Å². The van der Waals surface area contributed by atoms with Gasteiger partial charge in [-0.1, -0.05) is 24.3 Å². The van der Waals surface area contributed by atoms with Crippen LogP contribution in [0.1, 0.15) is 10.5 Å². The van der Waals surface area contributed by atoms with E-state index in [1.165, 1.54) is 15.6 Å². The Hall–Kier alpha value is -4.14. The lowest BCUT2D eigenvalue weighted by Crippen LogP contribution is -2.49. The number of ether oxygens (including phenoxy) is 1. The lowest BCUT2D eigenvalue weighted by Gasteiger charge is -2.35. The Kier molecular flexibility index (Phi) is 5.29. The van der Waals surface area contributed by atoms with Crippen molar-refractivity contribution in [2.75, 3.05) is 38.2 Å². The summed E-state index contributed by atoms with van der Waals surface area (Å²) in [7, 11) is 3.28. The molecule has 0 unspecified atom stereocenters. The molecule has 2 aromatic heterocycles. The number of aryl methyl sites for hydroxylation is 1. The third kappa shape index (κ3) is 3.71. The lowest BCUT2D eigenvalue weighted by atomic mass is 10.2. The van der Waals surface area contributed by atoms with Crippen molar-refractivity contribution in [1.82, 2.24) is 24.2 Å². The molecule has 3 heterocycles. The van der Waals surface area contributed by atoms with E-state index in [9.17, 15) is 9.59 Å². The Morgan fingerprint density at radius 3 is 2.42 bits per heavy atom. The van der Waals surface area contributed by atoms with Crippen molar-refractivity contribution in [2.45, 2.75) is 0 Å². The number of nitrogens with zero attached hydrogens (tertiary/aromatic N) is 6. The molecular weight excluding hydrogens is 420 g/mol. The summed E-state index contributed by atoms with van der Waals surface area (Å²) in [5.41, 5.74) is 2.33. The minimum absolute atomic E-state index is 0.196. The van der Waals surface area contributed by atoms with Crippen molar-refractivity contribution >= 4 is 22.6 Å². The first-order chi connectivity index (χ1) is 16.1. The number of rotatable bonds is 4. The van der Waals surface area contributed by atoms with Crippen molar-refractivity contribution in [1.29, 1.82) is 0 Å². The van der Waals surface area contributed by atoms with Crippen molar-refractivity contribution in [3.8, 4) is 11.4 Å². The lowest BCUT2D eigenvalue weighted by molar-refractivity contribution is 0.0742. The zero-order chi connectivity index (χ0) is 22.9. The van der Waals surface area contributed by atoms with Gasteiger partial charge < -0.3 is 19.1 Å². The highest BCUT2D eigenvalue weighted by atomic mass is 16.5. The number of fused-ring (bicyclic) bond motifs is 1. The van der Waals surface area contributed by atoms with E-state index in [4.69, 9.17) is 4.74 Å².